The molecular formula is C11H13F3N2O2. The highest BCUT2D eigenvalue weighted by Gasteiger charge is 2.30. The molecule has 0 radical (unpaired) electrons. The molecule has 0 fully saturated rings. The normalized spacial score (nSPS) is 13.2. The highest BCUT2D eigenvalue weighted by atomic mass is 19.4. The lowest BCUT2D eigenvalue weighted by Gasteiger charge is -2.17. The fourth-order valence-electron chi connectivity index (χ4n) is 1.59. The number of nitro benzene ring substituents is 1. The Kier molecular flexibility index (Phi) is 4.15. The predicted molar refractivity (Wildman–Crippen MR) is 61.6 cm³/mol. The van der Waals surface area contributed by atoms with Gasteiger partial charge in [0.1, 0.15) is 5.69 Å². The Balaban J connectivity index is 2.89. The number of rotatable bonds is 4. The zero-order chi connectivity index (χ0) is 13.9. The van der Waals surface area contributed by atoms with E-state index >= 15 is 0 Å². The van der Waals surface area contributed by atoms with Gasteiger partial charge in [-0.05, 0) is 25.5 Å². The van der Waals surface area contributed by atoms with E-state index < -0.39 is 23.6 Å². The molecule has 0 aliphatic rings. The van der Waals surface area contributed by atoms with E-state index in [0.717, 1.165) is 5.56 Å². The molecule has 1 rings (SSSR count). The Morgan fingerprint density at radius 1 is 1.44 bits per heavy atom. The van der Waals surface area contributed by atoms with Crippen LogP contribution in [0, 0.1) is 17.0 Å². The predicted octanol–water partition coefficient (Wildman–Crippen LogP) is 3.66. The fraction of sp³-hybridized carbons (Fsp3) is 0.455. The molecule has 0 saturated heterocycles. The van der Waals surface area contributed by atoms with Crippen LogP contribution in [0.1, 0.15) is 18.9 Å². The molecule has 0 amide bonds. The van der Waals surface area contributed by atoms with Crippen molar-refractivity contribution >= 4 is 11.4 Å². The fourth-order valence-corrected chi connectivity index (χ4v) is 1.59. The summed E-state index contributed by atoms with van der Waals surface area (Å²) < 4.78 is 36.5. The van der Waals surface area contributed by atoms with Crippen LogP contribution in [-0.2, 0) is 0 Å². The number of nitrogens with one attached hydrogen (secondary N) is 1. The highest BCUT2D eigenvalue weighted by molar-refractivity contribution is 5.63. The van der Waals surface area contributed by atoms with Gasteiger partial charge in [0.05, 0.1) is 11.3 Å². The monoisotopic (exact) mass is 262 g/mol. The third-order valence-electron chi connectivity index (χ3n) is 2.29. The molecular weight excluding hydrogens is 249 g/mol. The average Bonchev–Trinajstić information content (AvgIpc) is 2.13. The summed E-state index contributed by atoms with van der Waals surface area (Å²) in [6.45, 7) is 3.04. The maximum absolute atomic E-state index is 12.2. The van der Waals surface area contributed by atoms with Crippen molar-refractivity contribution in [2.24, 2.45) is 0 Å². The first-order valence-electron chi connectivity index (χ1n) is 5.27. The molecule has 0 heterocycles. The summed E-state index contributed by atoms with van der Waals surface area (Å²) in [6.07, 6.45) is -5.34. The maximum atomic E-state index is 12.2. The van der Waals surface area contributed by atoms with E-state index in [-0.39, 0.29) is 11.4 Å². The quantitative estimate of drug-likeness (QED) is 0.665. The molecule has 1 atom stereocenters. The molecule has 100 valence electrons. The first-order valence-corrected chi connectivity index (χ1v) is 5.27. The molecule has 0 bridgehead atoms. The summed E-state index contributed by atoms with van der Waals surface area (Å²) in [5, 5.41) is 13.3. The van der Waals surface area contributed by atoms with Gasteiger partial charge in [-0.25, -0.2) is 0 Å². The number of hydrogen-bond donors (Lipinski definition) is 1. The SMILES string of the molecule is Cc1ccc([N+](=O)[O-])c(NC(C)CC(F)(F)F)c1. The van der Waals surface area contributed by atoms with Crippen molar-refractivity contribution in [3.63, 3.8) is 0 Å². The van der Waals surface area contributed by atoms with Gasteiger partial charge in [0.25, 0.3) is 5.69 Å². The summed E-state index contributed by atoms with van der Waals surface area (Å²) in [4.78, 5) is 10.1. The van der Waals surface area contributed by atoms with Crippen LogP contribution in [0.15, 0.2) is 18.2 Å². The Morgan fingerprint density at radius 3 is 2.56 bits per heavy atom. The second-order valence-electron chi connectivity index (χ2n) is 4.14. The zero-order valence-electron chi connectivity index (χ0n) is 9.91. The molecule has 0 aliphatic carbocycles. The molecule has 0 saturated carbocycles. The van der Waals surface area contributed by atoms with E-state index in [4.69, 9.17) is 0 Å². The van der Waals surface area contributed by atoms with Gasteiger partial charge in [-0.2, -0.15) is 13.2 Å². The van der Waals surface area contributed by atoms with E-state index in [9.17, 15) is 23.3 Å². The van der Waals surface area contributed by atoms with E-state index in [1.165, 1.54) is 25.1 Å². The number of halogens is 3. The smallest absolute Gasteiger partial charge is 0.377 e. The average molecular weight is 262 g/mol. The molecule has 7 heteroatoms. The molecule has 1 aromatic carbocycles. The van der Waals surface area contributed by atoms with Crippen LogP contribution in [0.4, 0.5) is 24.5 Å². The minimum absolute atomic E-state index is 0.108. The first-order chi connectivity index (χ1) is 8.19. The number of nitro groups is 1. The molecule has 0 spiro atoms. The summed E-state index contributed by atoms with van der Waals surface area (Å²) in [5.74, 6) is 0. The van der Waals surface area contributed by atoms with Crippen LogP contribution >= 0.6 is 0 Å². The molecule has 4 nitrogen and oxygen atoms in total. The third kappa shape index (κ3) is 4.23. The van der Waals surface area contributed by atoms with Crippen LogP contribution in [0.2, 0.25) is 0 Å². The zero-order valence-corrected chi connectivity index (χ0v) is 9.91. The van der Waals surface area contributed by atoms with Crippen molar-refractivity contribution < 1.29 is 18.1 Å². The van der Waals surface area contributed by atoms with Crippen LogP contribution in [0.3, 0.4) is 0 Å². The van der Waals surface area contributed by atoms with Crippen molar-refractivity contribution in [3.8, 4) is 0 Å². The molecule has 1 N–H and O–H groups in total. The standard InChI is InChI=1S/C11H13F3N2O2/c1-7-3-4-10(16(17)18)9(5-7)15-8(2)6-11(12,13)14/h3-5,8,15H,6H2,1-2H3. The summed E-state index contributed by atoms with van der Waals surface area (Å²) in [5.41, 5.74) is 0.619. The number of benzene rings is 1. The van der Waals surface area contributed by atoms with Gasteiger partial charge in [-0.15, -0.1) is 0 Å². The van der Waals surface area contributed by atoms with Gasteiger partial charge < -0.3 is 5.32 Å². The second-order valence-corrected chi connectivity index (χ2v) is 4.14. The number of alkyl halides is 3. The molecule has 1 aromatic rings. The second kappa shape index (κ2) is 5.24. The molecule has 1 unspecified atom stereocenters. The van der Waals surface area contributed by atoms with Crippen molar-refractivity contribution in [2.45, 2.75) is 32.5 Å². The van der Waals surface area contributed by atoms with Gasteiger partial charge in [0, 0.05) is 12.1 Å². The summed E-state index contributed by atoms with van der Waals surface area (Å²) in [6, 6.07) is 3.35. The largest absolute Gasteiger partial charge is 0.391 e. The van der Waals surface area contributed by atoms with E-state index in [1.54, 1.807) is 6.92 Å². The van der Waals surface area contributed by atoms with Crippen molar-refractivity contribution in [2.75, 3.05) is 5.32 Å². The van der Waals surface area contributed by atoms with Gasteiger partial charge in [-0.3, -0.25) is 10.1 Å². The summed E-state index contributed by atoms with van der Waals surface area (Å²) in [7, 11) is 0. The van der Waals surface area contributed by atoms with E-state index in [2.05, 4.69) is 5.32 Å². The number of nitrogens with zero attached hydrogens (tertiary/aromatic N) is 1. The molecule has 0 aliphatic heterocycles. The minimum Gasteiger partial charge on any atom is -0.377 e. The van der Waals surface area contributed by atoms with Gasteiger partial charge in [0.15, 0.2) is 0 Å². The van der Waals surface area contributed by atoms with Crippen LogP contribution in [0.5, 0.6) is 0 Å². The lowest BCUT2D eigenvalue weighted by atomic mass is 10.1. The van der Waals surface area contributed by atoms with E-state index in [0.29, 0.717) is 0 Å². The van der Waals surface area contributed by atoms with Crippen molar-refractivity contribution in [1.82, 2.24) is 0 Å². The lowest BCUT2D eigenvalue weighted by molar-refractivity contribution is -0.384. The van der Waals surface area contributed by atoms with Gasteiger partial charge in [-0.1, -0.05) is 6.07 Å². The topological polar surface area (TPSA) is 55.2 Å². The van der Waals surface area contributed by atoms with Gasteiger partial charge in [0.2, 0.25) is 0 Å². The van der Waals surface area contributed by atoms with E-state index in [1.807, 2.05) is 0 Å². The van der Waals surface area contributed by atoms with Crippen LogP contribution < -0.4 is 5.32 Å². The van der Waals surface area contributed by atoms with Crippen molar-refractivity contribution in [1.29, 1.82) is 0 Å². The number of aryl methyl sites for hydroxylation is 1. The Morgan fingerprint density at radius 2 is 2.06 bits per heavy atom. The number of anilines is 1. The van der Waals surface area contributed by atoms with Gasteiger partial charge >= 0.3 is 6.18 Å². The highest BCUT2D eigenvalue weighted by Crippen LogP contribution is 2.28. The first kappa shape index (κ1) is 14.3. The minimum atomic E-state index is -4.30. The van der Waals surface area contributed by atoms with Crippen LogP contribution in [-0.4, -0.2) is 17.1 Å². The van der Waals surface area contributed by atoms with Crippen LogP contribution in [0.25, 0.3) is 0 Å². The Hall–Kier alpha value is -1.79. The molecule has 18 heavy (non-hydrogen) atoms. The van der Waals surface area contributed by atoms with Crippen molar-refractivity contribution in [3.05, 3.63) is 33.9 Å². The number of hydrogen-bond acceptors (Lipinski definition) is 3. The summed E-state index contributed by atoms with van der Waals surface area (Å²) >= 11 is 0. The Bertz CT molecular complexity index is 446. The Labute approximate surface area is 102 Å². The third-order valence-corrected chi connectivity index (χ3v) is 2.29. The lowest BCUT2D eigenvalue weighted by Crippen LogP contribution is -2.24. The molecule has 0 aromatic heterocycles. The maximum Gasteiger partial charge on any atom is 0.391 e.